The van der Waals surface area contributed by atoms with Gasteiger partial charge in [0.25, 0.3) is 0 Å². The molecular formula is C18H13ClF3N3O2. The van der Waals surface area contributed by atoms with Crippen LogP contribution in [0.2, 0.25) is 5.02 Å². The Morgan fingerprint density at radius 2 is 1.89 bits per heavy atom. The van der Waals surface area contributed by atoms with Crippen molar-refractivity contribution in [2.45, 2.75) is 12.7 Å². The van der Waals surface area contributed by atoms with E-state index in [0.29, 0.717) is 22.2 Å². The first-order valence-electron chi connectivity index (χ1n) is 7.74. The third-order valence-corrected chi connectivity index (χ3v) is 3.66. The van der Waals surface area contributed by atoms with Crippen LogP contribution in [0.3, 0.4) is 0 Å². The molecule has 0 saturated carbocycles. The van der Waals surface area contributed by atoms with Crippen molar-refractivity contribution in [2.24, 2.45) is 0 Å². The van der Waals surface area contributed by atoms with Gasteiger partial charge in [-0.25, -0.2) is 0 Å². The second-order valence-electron chi connectivity index (χ2n) is 5.50. The summed E-state index contributed by atoms with van der Waals surface area (Å²) in [6.45, 7) is -0.395. The highest BCUT2D eigenvalue weighted by molar-refractivity contribution is 6.31. The number of amides is 1. The molecule has 2 aromatic carbocycles. The average Bonchev–Trinajstić information content (AvgIpc) is 3.07. The Hall–Kier alpha value is -3.00. The topological polar surface area (TPSA) is 56.2 Å². The van der Waals surface area contributed by atoms with Crippen LogP contribution in [0, 0.1) is 0 Å². The van der Waals surface area contributed by atoms with Crippen molar-refractivity contribution in [1.82, 2.24) is 9.78 Å². The lowest BCUT2D eigenvalue weighted by molar-refractivity contribution is -0.141. The molecule has 3 aromatic rings. The molecule has 0 aliphatic carbocycles. The maximum atomic E-state index is 12.6. The molecule has 5 nitrogen and oxygen atoms in total. The minimum Gasteiger partial charge on any atom is -0.455 e. The number of ether oxygens (including phenoxy) is 1. The lowest BCUT2D eigenvalue weighted by Gasteiger charge is -2.13. The van der Waals surface area contributed by atoms with Crippen molar-refractivity contribution in [2.75, 3.05) is 5.32 Å². The molecule has 0 saturated heterocycles. The highest BCUT2D eigenvalue weighted by atomic mass is 35.5. The molecule has 0 radical (unpaired) electrons. The van der Waals surface area contributed by atoms with E-state index < -0.39 is 24.3 Å². The van der Waals surface area contributed by atoms with Crippen LogP contribution in [-0.4, -0.2) is 15.7 Å². The molecule has 1 N–H and O–H groups in total. The number of nitrogens with zero attached hydrogens (tertiary/aromatic N) is 2. The molecule has 3 rings (SSSR count). The first kappa shape index (κ1) is 18.8. The zero-order valence-corrected chi connectivity index (χ0v) is 14.5. The fraction of sp³-hybridized carbons (Fsp3) is 0.111. The van der Waals surface area contributed by atoms with Gasteiger partial charge in [0, 0.05) is 11.2 Å². The predicted octanol–water partition coefficient (Wildman–Crippen LogP) is 4.99. The van der Waals surface area contributed by atoms with Crippen molar-refractivity contribution in [3.63, 3.8) is 0 Å². The van der Waals surface area contributed by atoms with Gasteiger partial charge in [-0.3, -0.25) is 9.48 Å². The Kier molecular flexibility index (Phi) is 5.36. The lowest BCUT2D eigenvalue weighted by atomic mass is 10.2. The molecule has 1 heterocycles. The van der Waals surface area contributed by atoms with Gasteiger partial charge in [0.05, 0.1) is 5.69 Å². The molecule has 9 heteroatoms. The largest absolute Gasteiger partial charge is 0.455 e. The second-order valence-corrected chi connectivity index (χ2v) is 5.94. The summed E-state index contributed by atoms with van der Waals surface area (Å²) in [5.74, 6) is 0.319. The van der Waals surface area contributed by atoms with E-state index in [-0.39, 0.29) is 0 Å². The Morgan fingerprint density at radius 3 is 2.56 bits per heavy atom. The highest BCUT2D eigenvalue weighted by Gasteiger charge is 2.33. The number of para-hydroxylation sites is 1. The van der Waals surface area contributed by atoms with E-state index in [0.717, 1.165) is 16.9 Å². The summed E-state index contributed by atoms with van der Waals surface area (Å²) in [4.78, 5) is 12.2. The Labute approximate surface area is 157 Å². The van der Waals surface area contributed by atoms with Crippen molar-refractivity contribution < 1.29 is 22.7 Å². The Morgan fingerprint density at radius 1 is 1.15 bits per heavy atom. The third-order valence-electron chi connectivity index (χ3n) is 3.42. The van der Waals surface area contributed by atoms with E-state index in [1.165, 1.54) is 6.07 Å². The van der Waals surface area contributed by atoms with E-state index in [1.807, 2.05) is 6.07 Å². The molecule has 1 aromatic heterocycles. The molecule has 27 heavy (non-hydrogen) atoms. The molecule has 0 unspecified atom stereocenters. The third kappa shape index (κ3) is 5.01. The average molecular weight is 396 g/mol. The molecule has 140 valence electrons. The number of anilines is 1. The van der Waals surface area contributed by atoms with E-state index in [1.54, 1.807) is 36.4 Å². The minimum atomic E-state index is -4.56. The zero-order chi connectivity index (χ0) is 19.4. The fourth-order valence-corrected chi connectivity index (χ4v) is 2.41. The first-order chi connectivity index (χ1) is 12.8. The minimum absolute atomic E-state index is 0.291. The van der Waals surface area contributed by atoms with Crippen LogP contribution in [0.4, 0.5) is 18.9 Å². The van der Waals surface area contributed by atoms with Gasteiger partial charge >= 0.3 is 6.18 Å². The summed E-state index contributed by atoms with van der Waals surface area (Å²) >= 11 is 5.97. The second kappa shape index (κ2) is 7.71. The fourth-order valence-electron chi connectivity index (χ4n) is 2.24. The monoisotopic (exact) mass is 395 g/mol. The van der Waals surface area contributed by atoms with Crippen LogP contribution in [0.15, 0.2) is 60.8 Å². The number of hydrogen-bond acceptors (Lipinski definition) is 3. The summed E-state index contributed by atoms with van der Waals surface area (Å²) in [5, 5.41) is 6.29. The maximum absolute atomic E-state index is 12.6. The number of carbonyl (C=O) groups is 1. The standard InChI is InChI=1S/C18H13ClF3N3O2/c19-12-6-7-15(27-13-4-2-1-3-5-13)14(10-12)23-17(26)11-25-9-8-16(24-25)18(20,21)22/h1-10H,11H2,(H,23,26). The van der Waals surface area contributed by atoms with Gasteiger partial charge in [-0.1, -0.05) is 29.8 Å². The van der Waals surface area contributed by atoms with E-state index >= 15 is 0 Å². The SMILES string of the molecule is O=C(Cn1ccc(C(F)(F)F)n1)Nc1cc(Cl)ccc1Oc1ccccc1. The molecule has 0 spiro atoms. The normalized spacial score (nSPS) is 11.3. The van der Waals surface area contributed by atoms with E-state index in [9.17, 15) is 18.0 Å². The lowest BCUT2D eigenvalue weighted by Crippen LogP contribution is -2.20. The molecule has 0 aliphatic rings. The van der Waals surface area contributed by atoms with E-state index in [4.69, 9.17) is 16.3 Å². The Bertz CT molecular complexity index is 943. The number of carbonyl (C=O) groups excluding carboxylic acids is 1. The van der Waals surface area contributed by atoms with Gasteiger partial charge in [-0.05, 0) is 36.4 Å². The zero-order valence-electron chi connectivity index (χ0n) is 13.7. The number of rotatable bonds is 5. The summed E-state index contributed by atoms with van der Waals surface area (Å²) in [5.41, 5.74) is -0.772. The summed E-state index contributed by atoms with van der Waals surface area (Å²) in [6, 6.07) is 14.4. The van der Waals surface area contributed by atoms with E-state index in [2.05, 4.69) is 10.4 Å². The van der Waals surface area contributed by atoms with Crippen LogP contribution >= 0.6 is 11.6 Å². The van der Waals surface area contributed by atoms with Crippen molar-refractivity contribution in [3.05, 3.63) is 71.5 Å². The van der Waals surface area contributed by atoms with Crippen LogP contribution in [0.5, 0.6) is 11.5 Å². The van der Waals surface area contributed by atoms with Crippen molar-refractivity contribution >= 4 is 23.2 Å². The van der Waals surface area contributed by atoms with Crippen LogP contribution in [-0.2, 0) is 17.5 Å². The van der Waals surface area contributed by atoms with Gasteiger partial charge in [0.1, 0.15) is 12.3 Å². The van der Waals surface area contributed by atoms with Crippen molar-refractivity contribution in [3.8, 4) is 11.5 Å². The van der Waals surface area contributed by atoms with Gasteiger partial charge in [0.15, 0.2) is 11.4 Å². The van der Waals surface area contributed by atoms with Crippen LogP contribution < -0.4 is 10.1 Å². The van der Waals surface area contributed by atoms with Crippen LogP contribution in [0.25, 0.3) is 0 Å². The van der Waals surface area contributed by atoms with Crippen molar-refractivity contribution in [1.29, 1.82) is 0 Å². The van der Waals surface area contributed by atoms with Gasteiger partial charge < -0.3 is 10.1 Å². The van der Waals surface area contributed by atoms with Gasteiger partial charge in [0.2, 0.25) is 5.91 Å². The first-order valence-corrected chi connectivity index (χ1v) is 8.12. The molecule has 0 aliphatic heterocycles. The molecule has 1 amide bonds. The Balaban J connectivity index is 1.73. The summed E-state index contributed by atoms with van der Waals surface area (Å²) < 4.78 is 44.4. The maximum Gasteiger partial charge on any atom is 0.435 e. The number of benzene rings is 2. The molecule has 0 atom stereocenters. The number of aromatic nitrogens is 2. The quantitative estimate of drug-likeness (QED) is 0.662. The predicted molar refractivity (Wildman–Crippen MR) is 93.8 cm³/mol. The number of alkyl halides is 3. The molecular weight excluding hydrogens is 383 g/mol. The van der Waals surface area contributed by atoms with Gasteiger partial charge in [-0.2, -0.15) is 18.3 Å². The number of hydrogen-bond donors (Lipinski definition) is 1. The summed E-state index contributed by atoms with van der Waals surface area (Å²) in [7, 11) is 0. The number of halogens is 4. The van der Waals surface area contributed by atoms with Crippen LogP contribution in [0.1, 0.15) is 5.69 Å². The smallest absolute Gasteiger partial charge is 0.435 e. The molecule has 0 fully saturated rings. The summed E-state index contributed by atoms with van der Waals surface area (Å²) in [6.07, 6.45) is -3.48. The highest BCUT2D eigenvalue weighted by Crippen LogP contribution is 2.32. The number of nitrogens with one attached hydrogen (secondary N) is 1. The molecule has 0 bridgehead atoms. The van der Waals surface area contributed by atoms with Gasteiger partial charge in [-0.15, -0.1) is 0 Å².